The first kappa shape index (κ1) is 23.6. The van der Waals surface area contributed by atoms with E-state index < -0.39 is 17.7 Å². The number of benzene rings is 2. The molecule has 1 aliphatic rings. The molecule has 6 rings (SSSR count). The fourth-order valence-corrected chi connectivity index (χ4v) is 6.41. The van der Waals surface area contributed by atoms with Crippen molar-refractivity contribution < 1.29 is 14.7 Å². The van der Waals surface area contributed by atoms with Gasteiger partial charge in [0.05, 0.1) is 27.5 Å². The molecule has 0 spiro atoms. The molecule has 7 nitrogen and oxygen atoms in total. The highest BCUT2D eigenvalue weighted by atomic mass is 79.9. The van der Waals surface area contributed by atoms with E-state index in [0.717, 1.165) is 25.8 Å². The number of nitrogens with zero attached hydrogens (tertiary/aromatic N) is 4. The molecule has 1 saturated heterocycles. The largest absolute Gasteiger partial charge is 0.505 e. The third-order valence-corrected chi connectivity index (χ3v) is 8.11. The number of hydrogen-bond donors (Lipinski definition) is 1. The normalized spacial score (nSPS) is 17.4. The van der Waals surface area contributed by atoms with Crippen molar-refractivity contribution >= 4 is 65.7 Å². The van der Waals surface area contributed by atoms with Gasteiger partial charge in [0.15, 0.2) is 10.9 Å². The minimum absolute atomic E-state index is 0.00762. The third-order valence-electron chi connectivity index (χ3n) is 6.58. The number of pyridine rings is 1. The average Bonchev–Trinajstić information content (AvgIpc) is 3.51. The highest BCUT2D eigenvalue weighted by Crippen LogP contribution is 2.45. The first-order valence-electron chi connectivity index (χ1n) is 11.6. The van der Waals surface area contributed by atoms with E-state index in [1.807, 2.05) is 68.4 Å². The molecule has 0 aliphatic carbocycles. The summed E-state index contributed by atoms with van der Waals surface area (Å²) in [6.07, 6.45) is 1.77. The summed E-state index contributed by atoms with van der Waals surface area (Å²) in [4.78, 5) is 37.9. The van der Waals surface area contributed by atoms with Gasteiger partial charge in [-0.1, -0.05) is 51.5 Å². The second kappa shape index (κ2) is 8.64. The van der Waals surface area contributed by atoms with E-state index in [1.54, 1.807) is 17.5 Å². The molecule has 0 saturated carbocycles. The summed E-state index contributed by atoms with van der Waals surface area (Å²) in [7, 11) is 0. The van der Waals surface area contributed by atoms with Gasteiger partial charge in [-0.3, -0.25) is 18.9 Å². The number of fused-ring (bicyclic) bond motifs is 2. The molecule has 5 aromatic rings. The zero-order valence-corrected chi connectivity index (χ0v) is 22.6. The Morgan fingerprint density at radius 1 is 1.03 bits per heavy atom. The Labute approximate surface area is 224 Å². The summed E-state index contributed by atoms with van der Waals surface area (Å²) in [5.41, 5.74) is 5.14. The maximum atomic E-state index is 13.6. The number of rotatable bonds is 3. The Morgan fingerprint density at radius 2 is 1.78 bits per heavy atom. The van der Waals surface area contributed by atoms with Crippen LogP contribution in [-0.4, -0.2) is 31.2 Å². The van der Waals surface area contributed by atoms with Gasteiger partial charge in [-0.2, -0.15) is 0 Å². The molecule has 1 amide bonds. The van der Waals surface area contributed by atoms with Crippen molar-refractivity contribution in [3.8, 4) is 0 Å². The zero-order chi connectivity index (χ0) is 26.0. The summed E-state index contributed by atoms with van der Waals surface area (Å²) in [5, 5.41) is 12.1. The van der Waals surface area contributed by atoms with E-state index in [-0.39, 0.29) is 11.3 Å². The maximum absolute atomic E-state index is 13.6. The summed E-state index contributed by atoms with van der Waals surface area (Å²) in [6.45, 7) is 5.76. The minimum atomic E-state index is -0.858. The number of halogens is 1. The highest BCUT2D eigenvalue weighted by Gasteiger charge is 2.48. The standard InChI is InChI=1S/C28H21BrN4O3S/c1-14-12-15(2)22-19(13-14)37-28(31-22)33-24(17-7-9-18(29)10-8-17)21(26(35)27(33)36)25(34)23-16(3)30-20-6-4-5-11-32(20)23/h4-13,24,34H,1-3H3/b25-21+. The quantitative estimate of drug-likeness (QED) is 0.157. The van der Waals surface area contributed by atoms with Crippen molar-refractivity contribution in [3.63, 3.8) is 0 Å². The molecule has 1 fully saturated rings. The Hall–Kier alpha value is -3.82. The number of carbonyl (C=O) groups excluding carboxylic acids is 2. The summed E-state index contributed by atoms with van der Waals surface area (Å²) in [5.74, 6) is -1.75. The van der Waals surface area contributed by atoms with Crippen molar-refractivity contribution in [1.82, 2.24) is 14.4 Å². The van der Waals surface area contributed by atoms with Gasteiger partial charge in [-0.05, 0) is 67.8 Å². The van der Waals surface area contributed by atoms with E-state index >= 15 is 0 Å². The molecule has 0 radical (unpaired) electrons. The molecule has 3 aromatic heterocycles. The van der Waals surface area contributed by atoms with Crippen LogP contribution in [-0.2, 0) is 9.59 Å². The molecule has 1 atom stereocenters. The van der Waals surface area contributed by atoms with Crippen LogP contribution in [0.3, 0.4) is 0 Å². The molecule has 1 N–H and O–H groups in total. The number of aliphatic hydroxyl groups is 1. The zero-order valence-electron chi connectivity index (χ0n) is 20.2. The smallest absolute Gasteiger partial charge is 0.301 e. The molecule has 2 aromatic carbocycles. The Morgan fingerprint density at radius 3 is 2.54 bits per heavy atom. The summed E-state index contributed by atoms with van der Waals surface area (Å²) < 4.78 is 3.51. The highest BCUT2D eigenvalue weighted by molar-refractivity contribution is 9.10. The number of carbonyl (C=O) groups is 2. The van der Waals surface area contributed by atoms with Crippen LogP contribution in [0.2, 0.25) is 0 Å². The third kappa shape index (κ3) is 3.69. The lowest BCUT2D eigenvalue weighted by molar-refractivity contribution is -0.132. The van der Waals surface area contributed by atoms with Crippen LogP contribution < -0.4 is 4.90 Å². The van der Waals surface area contributed by atoms with Crippen molar-refractivity contribution in [2.24, 2.45) is 0 Å². The lowest BCUT2D eigenvalue weighted by Gasteiger charge is -2.23. The van der Waals surface area contributed by atoms with Crippen LogP contribution >= 0.6 is 27.3 Å². The van der Waals surface area contributed by atoms with Crippen molar-refractivity contribution in [1.29, 1.82) is 0 Å². The van der Waals surface area contributed by atoms with Crippen LogP contribution in [0, 0.1) is 20.8 Å². The molecule has 1 unspecified atom stereocenters. The van der Waals surface area contributed by atoms with Crippen LogP contribution in [0.15, 0.2) is 70.8 Å². The first-order valence-corrected chi connectivity index (χ1v) is 13.2. The van der Waals surface area contributed by atoms with Crippen LogP contribution in [0.1, 0.15) is 34.1 Å². The average molecular weight is 573 g/mol. The molecule has 1 aliphatic heterocycles. The van der Waals surface area contributed by atoms with Gasteiger partial charge in [0, 0.05) is 10.7 Å². The predicted molar refractivity (Wildman–Crippen MR) is 148 cm³/mol. The second-order valence-corrected chi connectivity index (χ2v) is 11.0. The van der Waals surface area contributed by atoms with Crippen molar-refractivity contribution in [2.45, 2.75) is 26.8 Å². The minimum Gasteiger partial charge on any atom is -0.505 e. The summed E-state index contributed by atoms with van der Waals surface area (Å²) in [6, 6.07) is 16.1. The number of imidazole rings is 1. The fourth-order valence-electron chi connectivity index (χ4n) is 4.98. The summed E-state index contributed by atoms with van der Waals surface area (Å²) >= 11 is 4.82. The molecular weight excluding hydrogens is 552 g/mol. The number of amides is 1. The molecule has 9 heteroatoms. The maximum Gasteiger partial charge on any atom is 0.301 e. The molecular formula is C28H21BrN4O3S. The van der Waals surface area contributed by atoms with Crippen molar-refractivity contribution in [3.05, 3.63) is 98.9 Å². The number of aromatic nitrogens is 3. The second-order valence-electron chi connectivity index (χ2n) is 9.12. The van der Waals surface area contributed by atoms with Crippen LogP contribution in [0.25, 0.3) is 21.6 Å². The lowest BCUT2D eigenvalue weighted by atomic mass is 9.96. The number of ketones is 1. The first-order chi connectivity index (χ1) is 17.7. The van der Waals surface area contributed by atoms with Crippen molar-refractivity contribution in [2.75, 3.05) is 4.90 Å². The van der Waals surface area contributed by atoms with E-state index in [9.17, 15) is 14.7 Å². The van der Waals surface area contributed by atoms with Gasteiger partial charge in [0.1, 0.15) is 11.3 Å². The number of Topliss-reactive ketones (excluding diaryl/α,β-unsaturated/α-hetero) is 1. The fraction of sp³-hybridized carbons (Fsp3) is 0.143. The monoisotopic (exact) mass is 572 g/mol. The van der Waals surface area contributed by atoms with Gasteiger partial charge in [-0.15, -0.1) is 0 Å². The van der Waals surface area contributed by atoms with Crippen LogP contribution in [0.4, 0.5) is 5.13 Å². The number of anilines is 1. The molecule has 184 valence electrons. The Balaban J connectivity index is 1.62. The molecule has 37 heavy (non-hydrogen) atoms. The van der Waals surface area contributed by atoms with Gasteiger partial charge in [-0.25, -0.2) is 9.97 Å². The van der Waals surface area contributed by atoms with Gasteiger partial charge >= 0.3 is 5.91 Å². The van der Waals surface area contributed by atoms with Gasteiger partial charge < -0.3 is 5.11 Å². The molecule has 4 heterocycles. The number of aliphatic hydroxyl groups excluding tert-OH is 1. The SMILES string of the molecule is Cc1cc(C)c2nc(N3C(=O)C(=O)/C(=C(/O)c4c(C)nc5ccccn45)C3c3ccc(Br)cc3)sc2c1. The topological polar surface area (TPSA) is 87.8 Å². The number of aryl methyl sites for hydroxylation is 3. The number of thiazole rings is 1. The van der Waals surface area contributed by atoms with Gasteiger partial charge in [0.2, 0.25) is 0 Å². The van der Waals surface area contributed by atoms with E-state index in [1.165, 1.54) is 16.2 Å². The number of hydrogen-bond acceptors (Lipinski definition) is 6. The van der Waals surface area contributed by atoms with E-state index in [4.69, 9.17) is 4.98 Å². The van der Waals surface area contributed by atoms with E-state index in [2.05, 4.69) is 20.9 Å². The van der Waals surface area contributed by atoms with Gasteiger partial charge in [0.25, 0.3) is 5.78 Å². The van der Waals surface area contributed by atoms with Crippen LogP contribution in [0.5, 0.6) is 0 Å². The predicted octanol–water partition coefficient (Wildman–Crippen LogP) is 6.26. The Bertz CT molecular complexity index is 1780. The van der Waals surface area contributed by atoms with E-state index in [0.29, 0.717) is 27.7 Å². The lowest BCUT2D eigenvalue weighted by Crippen LogP contribution is -2.29. The Kier molecular flexibility index (Phi) is 5.50. The molecule has 0 bridgehead atoms.